The molecule has 0 radical (unpaired) electrons. The first-order valence-corrected chi connectivity index (χ1v) is 9.46. The number of aryl methyl sites for hydroxylation is 1. The fraction of sp³-hybridized carbons (Fsp3) is 0.364. The molecule has 1 aromatic carbocycles. The van der Waals surface area contributed by atoms with Gasteiger partial charge in [0.25, 0.3) is 0 Å². The molecule has 0 aliphatic rings. The van der Waals surface area contributed by atoms with Gasteiger partial charge in [0.05, 0.1) is 5.52 Å². The summed E-state index contributed by atoms with van der Waals surface area (Å²) in [6, 6.07) is 10.9. The molecule has 3 heterocycles. The summed E-state index contributed by atoms with van der Waals surface area (Å²) in [6.07, 6.45) is 2.86. The maximum Gasteiger partial charge on any atom is 0.178 e. The smallest absolute Gasteiger partial charge is 0.178 e. The Bertz CT molecular complexity index is 1100. The zero-order valence-corrected chi connectivity index (χ0v) is 16.7. The molecular weight excluding hydrogens is 334 g/mol. The van der Waals surface area contributed by atoms with E-state index in [4.69, 9.17) is 0 Å². The summed E-state index contributed by atoms with van der Waals surface area (Å²) in [7, 11) is 2.19. The molecule has 0 saturated carbocycles. The topological polar surface area (TPSA) is 60.6 Å². The van der Waals surface area contributed by atoms with Gasteiger partial charge in [0, 0.05) is 40.4 Å². The van der Waals surface area contributed by atoms with Crippen molar-refractivity contribution in [3.8, 4) is 11.3 Å². The molecule has 0 atom stereocenters. The zero-order valence-electron chi connectivity index (χ0n) is 16.7. The molecule has 4 aromatic rings. The normalized spacial score (nSPS) is 12.5. The second-order valence-electron chi connectivity index (χ2n) is 8.33. The molecule has 4 rings (SSSR count). The van der Waals surface area contributed by atoms with Gasteiger partial charge < -0.3 is 14.9 Å². The lowest BCUT2D eigenvalue weighted by molar-refractivity contribution is 0.178. The zero-order chi connectivity index (χ0) is 19.2. The number of aromatic nitrogens is 4. The van der Waals surface area contributed by atoms with Crippen LogP contribution in [0.1, 0.15) is 32.2 Å². The Kier molecular flexibility index (Phi) is 4.27. The van der Waals surface area contributed by atoms with E-state index in [1.807, 2.05) is 19.2 Å². The summed E-state index contributed by atoms with van der Waals surface area (Å²) >= 11 is 0. The molecule has 0 unspecified atom stereocenters. The number of pyridine rings is 1. The van der Waals surface area contributed by atoms with Crippen molar-refractivity contribution in [2.24, 2.45) is 0 Å². The van der Waals surface area contributed by atoms with Crippen LogP contribution in [-0.4, -0.2) is 44.0 Å². The standard InChI is InChI=1S/C22H27N5/c1-14-24-20-17(8-10-23-21(20)25-14)19-13-16-7-6-15(12-18(16)26-19)9-11-27(5)22(2,3)4/h6-8,10,12-13,26H,9,11H2,1-5H3,(H,23,24,25). The van der Waals surface area contributed by atoms with Gasteiger partial charge in [-0.3, -0.25) is 0 Å². The molecule has 3 aromatic heterocycles. The molecular formula is C22H27N5. The van der Waals surface area contributed by atoms with Gasteiger partial charge in [0.15, 0.2) is 5.65 Å². The highest BCUT2D eigenvalue weighted by atomic mass is 15.1. The number of imidazole rings is 1. The molecule has 0 saturated heterocycles. The van der Waals surface area contributed by atoms with Crippen LogP contribution < -0.4 is 0 Å². The first kappa shape index (κ1) is 17.7. The summed E-state index contributed by atoms with van der Waals surface area (Å²) in [6.45, 7) is 9.75. The van der Waals surface area contributed by atoms with Gasteiger partial charge in [-0.2, -0.15) is 0 Å². The summed E-state index contributed by atoms with van der Waals surface area (Å²) in [4.78, 5) is 18.1. The Balaban J connectivity index is 1.65. The Morgan fingerprint density at radius 2 is 1.89 bits per heavy atom. The third-order valence-electron chi connectivity index (χ3n) is 5.37. The lowest BCUT2D eigenvalue weighted by atomic mass is 10.0. The van der Waals surface area contributed by atoms with Gasteiger partial charge in [-0.05, 0) is 64.9 Å². The number of nitrogens with zero attached hydrogens (tertiary/aromatic N) is 3. The van der Waals surface area contributed by atoms with Crippen LogP contribution in [0.25, 0.3) is 33.3 Å². The third-order valence-corrected chi connectivity index (χ3v) is 5.37. The third kappa shape index (κ3) is 3.47. The van der Waals surface area contributed by atoms with Crippen molar-refractivity contribution in [1.82, 2.24) is 24.8 Å². The van der Waals surface area contributed by atoms with Crippen molar-refractivity contribution in [3.63, 3.8) is 0 Å². The Morgan fingerprint density at radius 3 is 2.67 bits per heavy atom. The molecule has 0 aliphatic carbocycles. The second kappa shape index (κ2) is 6.50. The highest BCUT2D eigenvalue weighted by molar-refractivity contribution is 5.94. The first-order valence-electron chi connectivity index (χ1n) is 9.46. The number of aromatic amines is 2. The number of likely N-dealkylation sites (N-methyl/N-ethyl adjacent to an activating group) is 1. The van der Waals surface area contributed by atoms with Crippen LogP contribution in [0.15, 0.2) is 36.5 Å². The quantitative estimate of drug-likeness (QED) is 0.554. The van der Waals surface area contributed by atoms with Gasteiger partial charge in [-0.25, -0.2) is 9.97 Å². The van der Waals surface area contributed by atoms with Crippen molar-refractivity contribution in [3.05, 3.63) is 47.9 Å². The van der Waals surface area contributed by atoms with E-state index in [0.717, 1.165) is 41.2 Å². The second-order valence-corrected chi connectivity index (χ2v) is 8.33. The van der Waals surface area contributed by atoms with Crippen LogP contribution >= 0.6 is 0 Å². The number of hydrogen-bond acceptors (Lipinski definition) is 3. The van der Waals surface area contributed by atoms with Gasteiger partial charge in [0.2, 0.25) is 0 Å². The lowest BCUT2D eigenvalue weighted by Gasteiger charge is -2.31. The summed E-state index contributed by atoms with van der Waals surface area (Å²) in [5.41, 5.74) is 6.64. The molecule has 0 bridgehead atoms. The maximum atomic E-state index is 4.44. The van der Waals surface area contributed by atoms with E-state index in [-0.39, 0.29) is 5.54 Å². The van der Waals surface area contributed by atoms with Crippen LogP contribution in [0.3, 0.4) is 0 Å². The maximum absolute atomic E-state index is 4.44. The van der Waals surface area contributed by atoms with E-state index in [2.05, 4.69) is 76.9 Å². The average molecular weight is 361 g/mol. The predicted octanol–water partition coefficient (Wildman–Crippen LogP) is 4.69. The fourth-order valence-corrected chi connectivity index (χ4v) is 3.36. The van der Waals surface area contributed by atoms with Crippen molar-refractivity contribution in [1.29, 1.82) is 0 Å². The highest BCUT2D eigenvalue weighted by Crippen LogP contribution is 2.29. The Hall–Kier alpha value is -2.66. The van der Waals surface area contributed by atoms with E-state index in [1.165, 1.54) is 16.5 Å². The molecule has 27 heavy (non-hydrogen) atoms. The van der Waals surface area contributed by atoms with E-state index in [9.17, 15) is 0 Å². The van der Waals surface area contributed by atoms with E-state index < -0.39 is 0 Å². The van der Waals surface area contributed by atoms with Gasteiger partial charge >= 0.3 is 0 Å². The Labute approximate surface area is 159 Å². The number of fused-ring (bicyclic) bond motifs is 2. The minimum absolute atomic E-state index is 0.193. The van der Waals surface area contributed by atoms with Gasteiger partial charge in [-0.15, -0.1) is 0 Å². The highest BCUT2D eigenvalue weighted by Gasteiger charge is 2.16. The largest absolute Gasteiger partial charge is 0.354 e. The van der Waals surface area contributed by atoms with Crippen LogP contribution in [0, 0.1) is 6.92 Å². The van der Waals surface area contributed by atoms with Crippen LogP contribution in [-0.2, 0) is 6.42 Å². The van der Waals surface area contributed by atoms with E-state index in [1.54, 1.807) is 0 Å². The molecule has 140 valence electrons. The number of benzene rings is 1. The molecule has 5 heteroatoms. The molecule has 0 aliphatic heterocycles. The minimum atomic E-state index is 0.193. The predicted molar refractivity (Wildman–Crippen MR) is 112 cm³/mol. The molecule has 2 N–H and O–H groups in total. The van der Waals surface area contributed by atoms with Crippen LogP contribution in [0.4, 0.5) is 0 Å². The fourth-order valence-electron chi connectivity index (χ4n) is 3.36. The molecule has 0 amide bonds. The molecule has 0 fully saturated rings. The number of H-pyrrole nitrogens is 2. The van der Waals surface area contributed by atoms with E-state index in [0.29, 0.717) is 0 Å². The van der Waals surface area contributed by atoms with Crippen molar-refractivity contribution >= 4 is 22.1 Å². The van der Waals surface area contributed by atoms with Gasteiger partial charge in [0.1, 0.15) is 5.82 Å². The van der Waals surface area contributed by atoms with Crippen molar-refractivity contribution < 1.29 is 0 Å². The first-order chi connectivity index (χ1) is 12.8. The Morgan fingerprint density at radius 1 is 1.07 bits per heavy atom. The lowest BCUT2D eigenvalue weighted by Crippen LogP contribution is -2.39. The number of hydrogen-bond donors (Lipinski definition) is 2. The minimum Gasteiger partial charge on any atom is -0.354 e. The van der Waals surface area contributed by atoms with Crippen LogP contribution in [0.5, 0.6) is 0 Å². The monoisotopic (exact) mass is 361 g/mol. The summed E-state index contributed by atoms with van der Waals surface area (Å²) < 4.78 is 0. The van der Waals surface area contributed by atoms with E-state index >= 15 is 0 Å². The summed E-state index contributed by atoms with van der Waals surface area (Å²) in [5.74, 6) is 0.881. The molecule has 5 nitrogen and oxygen atoms in total. The SMILES string of the molecule is Cc1nc2nccc(-c3cc4ccc(CCN(C)C(C)(C)C)cc4[nH]3)c2[nH]1. The number of nitrogens with one attached hydrogen (secondary N) is 2. The summed E-state index contributed by atoms with van der Waals surface area (Å²) in [5, 5.41) is 1.22. The average Bonchev–Trinajstić information content (AvgIpc) is 3.19. The number of rotatable bonds is 4. The van der Waals surface area contributed by atoms with Crippen LogP contribution in [0.2, 0.25) is 0 Å². The van der Waals surface area contributed by atoms with Crippen molar-refractivity contribution in [2.45, 2.75) is 39.7 Å². The molecule has 0 spiro atoms. The van der Waals surface area contributed by atoms with Crippen molar-refractivity contribution in [2.75, 3.05) is 13.6 Å². The van der Waals surface area contributed by atoms with Gasteiger partial charge in [-0.1, -0.05) is 12.1 Å².